The Bertz CT molecular complexity index is 943. The highest BCUT2D eigenvalue weighted by atomic mass is 16.5. The Balaban J connectivity index is 1.45. The zero-order chi connectivity index (χ0) is 23.4. The van der Waals surface area contributed by atoms with Crippen LogP contribution in [0.4, 0.5) is 0 Å². The third-order valence-electron chi connectivity index (χ3n) is 7.11. The summed E-state index contributed by atoms with van der Waals surface area (Å²) in [5, 5.41) is 10.7. The Morgan fingerprint density at radius 1 is 1.18 bits per heavy atom. The third-order valence-corrected chi connectivity index (χ3v) is 7.11. The summed E-state index contributed by atoms with van der Waals surface area (Å²) in [7, 11) is 1.65. The minimum absolute atomic E-state index is 0.0496. The Hall–Kier alpha value is -2.57. The molecule has 178 valence electrons. The van der Waals surface area contributed by atoms with E-state index in [1.807, 2.05) is 55.5 Å². The zero-order valence-corrected chi connectivity index (χ0v) is 19.8. The van der Waals surface area contributed by atoms with Crippen molar-refractivity contribution >= 4 is 5.97 Å². The molecule has 3 atom stereocenters. The van der Waals surface area contributed by atoms with Crippen molar-refractivity contribution in [3.8, 4) is 11.5 Å². The molecule has 2 aromatic rings. The lowest BCUT2D eigenvalue weighted by Gasteiger charge is -2.34. The number of methoxy groups -OCH3 is 1. The van der Waals surface area contributed by atoms with Gasteiger partial charge in [0.1, 0.15) is 6.61 Å². The van der Waals surface area contributed by atoms with Crippen LogP contribution < -0.4 is 9.47 Å². The smallest absolute Gasteiger partial charge is 0.320 e. The molecule has 2 aromatic carbocycles. The fourth-order valence-electron chi connectivity index (χ4n) is 4.63. The summed E-state index contributed by atoms with van der Waals surface area (Å²) < 4.78 is 17.1. The first-order valence-electron chi connectivity index (χ1n) is 11.8. The summed E-state index contributed by atoms with van der Waals surface area (Å²) in [6.07, 6.45) is 1.91. The van der Waals surface area contributed by atoms with E-state index in [1.54, 1.807) is 7.11 Å². The van der Waals surface area contributed by atoms with Crippen LogP contribution in [0.1, 0.15) is 43.7 Å². The number of aliphatic hydroxyl groups excluding tert-OH is 1. The van der Waals surface area contributed by atoms with Gasteiger partial charge in [0.2, 0.25) is 0 Å². The monoisotopic (exact) mass is 453 g/mol. The average Bonchev–Trinajstić information content (AvgIpc) is 3.58. The van der Waals surface area contributed by atoms with Crippen molar-refractivity contribution in [3.63, 3.8) is 0 Å². The highest BCUT2D eigenvalue weighted by molar-refractivity contribution is 5.71. The lowest BCUT2D eigenvalue weighted by atomic mass is 9.72. The minimum Gasteiger partial charge on any atom is -0.493 e. The summed E-state index contributed by atoms with van der Waals surface area (Å²) in [5.74, 6) is 1.90. The Morgan fingerprint density at radius 3 is 2.61 bits per heavy atom. The number of aliphatic hydroxyl groups is 1. The first-order chi connectivity index (χ1) is 15.9. The number of ether oxygens (including phenoxy) is 3. The molecule has 4 rings (SSSR count). The minimum atomic E-state index is -0.536. The van der Waals surface area contributed by atoms with E-state index < -0.39 is 11.5 Å². The van der Waals surface area contributed by atoms with Gasteiger partial charge in [0.05, 0.1) is 26.4 Å². The van der Waals surface area contributed by atoms with Crippen molar-refractivity contribution in [1.82, 2.24) is 4.90 Å². The third kappa shape index (κ3) is 5.68. The predicted octanol–water partition coefficient (Wildman–Crippen LogP) is 4.01. The van der Waals surface area contributed by atoms with Crippen LogP contribution in [0.5, 0.6) is 11.5 Å². The molecule has 1 aliphatic heterocycles. The van der Waals surface area contributed by atoms with Crippen LogP contribution >= 0.6 is 0 Å². The van der Waals surface area contributed by atoms with Crippen molar-refractivity contribution in [2.75, 3.05) is 33.4 Å². The molecule has 2 aliphatic rings. The van der Waals surface area contributed by atoms with Crippen LogP contribution in [-0.4, -0.2) is 55.4 Å². The van der Waals surface area contributed by atoms with Crippen molar-refractivity contribution in [2.24, 2.45) is 11.3 Å². The highest BCUT2D eigenvalue weighted by Gasteiger charge is 2.47. The van der Waals surface area contributed by atoms with E-state index in [1.165, 1.54) is 12.8 Å². The van der Waals surface area contributed by atoms with Gasteiger partial charge in [-0.15, -0.1) is 0 Å². The second-order valence-corrected chi connectivity index (χ2v) is 9.71. The number of carbonyl (C=O) groups excluding carboxylic acids is 1. The summed E-state index contributed by atoms with van der Waals surface area (Å²) in [4.78, 5) is 14.6. The van der Waals surface area contributed by atoms with Gasteiger partial charge in [-0.3, -0.25) is 9.69 Å². The Morgan fingerprint density at radius 2 is 1.94 bits per heavy atom. The van der Waals surface area contributed by atoms with E-state index >= 15 is 0 Å². The van der Waals surface area contributed by atoms with Gasteiger partial charge in [-0.1, -0.05) is 43.3 Å². The van der Waals surface area contributed by atoms with Gasteiger partial charge in [-0.05, 0) is 48.9 Å². The van der Waals surface area contributed by atoms with Gasteiger partial charge in [0.15, 0.2) is 11.5 Å². The van der Waals surface area contributed by atoms with Gasteiger partial charge in [-0.25, -0.2) is 0 Å². The fourth-order valence-corrected chi connectivity index (χ4v) is 4.63. The maximum Gasteiger partial charge on any atom is 0.320 e. The second-order valence-electron chi connectivity index (χ2n) is 9.71. The lowest BCUT2D eigenvalue weighted by molar-refractivity contribution is -0.146. The van der Waals surface area contributed by atoms with Crippen LogP contribution in [0.2, 0.25) is 0 Å². The molecule has 1 N–H and O–H groups in total. The number of carbonyl (C=O) groups is 1. The SMILES string of the molecule is COc1ccc(C2CN(CC(=O)OCc3ccccc3)CC2(C)C(C)O)cc1OCC1CC1. The first kappa shape index (κ1) is 23.6. The largest absolute Gasteiger partial charge is 0.493 e. The van der Waals surface area contributed by atoms with E-state index in [0.29, 0.717) is 25.6 Å². The quantitative estimate of drug-likeness (QED) is 0.548. The van der Waals surface area contributed by atoms with Gasteiger partial charge in [0.25, 0.3) is 0 Å². The summed E-state index contributed by atoms with van der Waals surface area (Å²) >= 11 is 0. The van der Waals surface area contributed by atoms with Crippen molar-refractivity contribution in [2.45, 2.75) is 45.3 Å². The number of likely N-dealkylation sites (tertiary alicyclic amines) is 1. The van der Waals surface area contributed by atoms with Crippen molar-refractivity contribution in [3.05, 3.63) is 59.7 Å². The molecule has 1 aliphatic carbocycles. The summed E-state index contributed by atoms with van der Waals surface area (Å²) in [6.45, 7) is 6.37. The normalized spacial score (nSPS) is 23.8. The maximum atomic E-state index is 12.5. The Kier molecular flexibility index (Phi) is 7.25. The van der Waals surface area contributed by atoms with E-state index in [2.05, 4.69) is 11.8 Å². The van der Waals surface area contributed by atoms with Crippen molar-refractivity contribution in [1.29, 1.82) is 0 Å². The van der Waals surface area contributed by atoms with Crippen LogP contribution in [0, 0.1) is 11.3 Å². The summed E-state index contributed by atoms with van der Waals surface area (Å²) in [5.41, 5.74) is 1.66. The number of nitrogens with zero attached hydrogens (tertiary/aromatic N) is 1. The first-order valence-corrected chi connectivity index (χ1v) is 11.8. The number of rotatable bonds is 10. The Labute approximate surface area is 196 Å². The molecule has 1 saturated carbocycles. The van der Waals surface area contributed by atoms with Gasteiger partial charge in [-0.2, -0.15) is 0 Å². The lowest BCUT2D eigenvalue weighted by Crippen LogP contribution is -2.38. The van der Waals surface area contributed by atoms with E-state index in [0.717, 1.165) is 22.6 Å². The number of hydrogen-bond donors (Lipinski definition) is 1. The second kappa shape index (κ2) is 10.1. The number of benzene rings is 2. The highest BCUT2D eigenvalue weighted by Crippen LogP contribution is 2.47. The van der Waals surface area contributed by atoms with E-state index in [9.17, 15) is 9.90 Å². The van der Waals surface area contributed by atoms with E-state index in [-0.39, 0.29) is 25.0 Å². The zero-order valence-electron chi connectivity index (χ0n) is 19.8. The van der Waals surface area contributed by atoms with Crippen LogP contribution in [0.15, 0.2) is 48.5 Å². The molecule has 6 nitrogen and oxygen atoms in total. The van der Waals surface area contributed by atoms with E-state index in [4.69, 9.17) is 14.2 Å². The maximum absolute atomic E-state index is 12.5. The molecule has 1 saturated heterocycles. The molecule has 33 heavy (non-hydrogen) atoms. The molecule has 6 heteroatoms. The summed E-state index contributed by atoms with van der Waals surface area (Å²) in [6, 6.07) is 15.7. The molecule has 0 radical (unpaired) electrons. The molecule has 0 aromatic heterocycles. The van der Waals surface area contributed by atoms with Crippen molar-refractivity contribution < 1.29 is 24.1 Å². The number of esters is 1. The standard InChI is InChI=1S/C27H35NO5/c1-19(29)27(2)18-28(15-26(30)33-17-20-7-5-4-6-8-20)14-23(27)22-11-12-24(31-3)25(13-22)32-16-21-9-10-21/h4-8,11-13,19,21,23,29H,9-10,14-18H2,1-3H3. The molecular weight excluding hydrogens is 418 g/mol. The molecule has 0 bridgehead atoms. The fraction of sp³-hybridized carbons (Fsp3) is 0.519. The van der Waals surface area contributed by atoms with Crippen LogP contribution in [0.3, 0.4) is 0 Å². The van der Waals surface area contributed by atoms with Crippen LogP contribution in [0.25, 0.3) is 0 Å². The molecule has 0 amide bonds. The van der Waals surface area contributed by atoms with Crippen LogP contribution in [-0.2, 0) is 16.1 Å². The molecule has 3 unspecified atom stereocenters. The molecule has 0 spiro atoms. The molecule has 2 fully saturated rings. The molecular formula is C27H35NO5. The average molecular weight is 454 g/mol. The van der Waals surface area contributed by atoms with Gasteiger partial charge in [0, 0.05) is 24.4 Å². The predicted molar refractivity (Wildman–Crippen MR) is 126 cm³/mol. The number of hydrogen-bond acceptors (Lipinski definition) is 6. The van der Waals surface area contributed by atoms with Gasteiger partial charge >= 0.3 is 5.97 Å². The molecule has 1 heterocycles. The topological polar surface area (TPSA) is 68.2 Å². The van der Waals surface area contributed by atoms with Gasteiger partial charge < -0.3 is 19.3 Å².